The lowest BCUT2D eigenvalue weighted by Crippen LogP contribution is -2.28. The molecule has 1 N–H and O–H groups in total. The predicted molar refractivity (Wildman–Crippen MR) is 88.5 cm³/mol. The van der Waals surface area contributed by atoms with Gasteiger partial charge in [0.1, 0.15) is 5.82 Å². The summed E-state index contributed by atoms with van der Waals surface area (Å²) in [6, 6.07) is 4.43. The van der Waals surface area contributed by atoms with Crippen LogP contribution in [0, 0.1) is 5.82 Å². The van der Waals surface area contributed by atoms with Crippen LogP contribution in [0.15, 0.2) is 34.2 Å². The van der Waals surface area contributed by atoms with Crippen LogP contribution in [0.5, 0.6) is 0 Å². The van der Waals surface area contributed by atoms with Gasteiger partial charge in [0.05, 0.1) is 5.75 Å². The summed E-state index contributed by atoms with van der Waals surface area (Å²) in [5.74, 6) is -1.38. The summed E-state index contributed by atoms with van der Waals surface area (Å²) in [7, 11) is 1.40. The molecule has 26 heavy (non-hydrogen) atoms. The van der Waals surface area contributed by atoms with Crippen LogP contribution in [-0.4, -0.2) is 33.6 Å². The lowest BCUT2D eigenvalue weighted by molar-refractivity contribution is -0.141. The molecule has 2 aromatic rings. The van der Waals surface area contributed by atoms with E-state index in [-0.39, 0.29) is 28.0 Å². The molecule has 1 aromatic heterocycles. The molecule has 1 aromatic carbocycles. The molecule has 11 heteroatoms. The third-order valence-corrected chi connectivity index (χ3v) is 4.44. The average Bonchev–Trinajstić information content (AvgIpc) is 2.54. The molecule has 0 saturated heterocycles. The van der Waals surface area contributed by atoms with Gasteiger partial charge < -0.3 is 9.88 Å². The van der Waals surface area contributed by atoms with Crippen LogP contribution < -0.4 is 5.56 Å². The maximum absolute atomic E-state index is 13.7. The van der Waals surface area contributed by atoms with Gasteiger partial charge in [0.25, 0.3) is 5.56 Å². The number of amides is 1. The lowest BCUT2D eigenvalue weighted by atomic mass is 10.2. The standard InChI is InChI=1S/C15H12ClF4N3O2S/c1-23(6-8-9(16)3-2-4-10(8)17)13(25)7-26-14-21-11(15(18,19)20)5-12(24)22-14/h2-5H,6-7H2,1H3,(H,21,22,24). The number of rotatable bonds is 5. The van der Waals surface area contributed by atoms with E-state index >= 15 is 0 Å². The Morgan fingerprint density at radius 1 is 1.38 bits per heavy atom. The smallest absolute Gasteiger partial charge is 0.341 e. The van der Waals surface area contributed by atoms with Gasteiger partial charge in [-0.1, -0.05) is 29.4 Å². The second-order valence-corrected chi connectivity index (χ2v) is 6.54. The molecule has 1 heterocycles. The first-order chi connectivity index (χ1) is 12.1. The number of carbonyl (C=O) groups excluding carboxylic acids is 1. The maximum atomic E-state index is 13.7. The van der Waals surface area contributed by atoms with E-state index in [9.17, 15) is 27.2 Å². The normalized spacial score (nSPS) is 11.5. The molecule has 2 rings (SSSR count). The van der Waals surface area contributed by atoms with Gasteiger partial charge in [0, 0.05) is 30.2 Å². The first-order valence-electron chi connectivity index (χ1n) is 7.06. The van der Waals surface area contributed by atoms with Crippen molar-refractivity contribution in [1.82, 2.24) is 14.9 Å². The van der Waals surface area contributed by atoms with Crippen LogP contribution in [0.25, 0.3) is 0 Å². The van der Waals surface area contributed by atoms with E-state index in [1.807, 2.05) is 0 Å². The van der Waals surface area contributed by atoms with E-state index in [1.165, 1.54) is 30.1 Å². The molecule has 0 spiro atoms. The third kappa shape index (κ3) is 5.21. The van der Waals surface area contributed by atoms with Crippen molar-refractivity contribution >= 4 is 29.3 Å². The SMILES string of the molecule is CN(Cc1c(F)cccc1Cl)C(=O)CSc1nc(C(F)(F)F)cc(=O)[nH]1. The molecular formula is C15H12ClF4N3O2S. The van der Waals surface area contributed by atoms with E-state index in [0.717, 1.165) is 0 Å². The molecule has 140 valence electrons. The molecule has 0 atom stereocenters. The molecule has 0 saturated carbocycles. The number of hydrogen-bond acceptors (Lipinski definition) is 4. The summed E-state index contributed by atoms with van der Waals surface area (Å²) in [5, 5.41) is -0.184. The first-order valence-corrected chi connectivity index (χ1v) is 8.42. The zero-order valence-corrected chi connectivity index (χ0v) is 14.8. The number of aromatic amines is 1. The van der Waals surface area contributed by atoms with Crippen LogP contribution in [-0.2, 0) is 17.5 Å². The Balaban J connectivity index is 2.04. The summed E-state index contributed by atoms with van der Waals surface area (Å²) in [6.07, 6.45) is -4.77. The molecule has 0 aliphatic carbocycles. The number of carbonyl (C=O) groups is 1. The van der Waals surface area contributed by atoms with Gasteiger partial charge in [-0.3, -0.25) is 9.59 Å². The molecule has 0 aliphatic rings. The summed E-state index contributed by atoms with van der Waals surface area (Å²) in [4.78, 5) is 30.0. The minimum Gasteiger partial charge on any atom is -0.341 e. The number of H-pyrrole nitrogens is 1. The monoisotopic (exact) mass is 409 g/mol. The van der Waals surface area contributed by atoms with Gasteiger partial charge >= 0.3 is 6.18 Å². The zero-order chi connectivity index (χ0) is 19.5. The largest absolute Gasteiger partial charge is 0.433 e. The Morgan fingerprint density at radius 2 is 2.08 bits per heavy atom. The minimum atomic E-state index is -4.77. The second kappa shape index (κ2) is 8.09. The Bertz CT molecular complexity index is 852. The fraction of sp³-hybridized carbons (Fsp3) is 0.267. The summed E-state index contributed by atoms with van der Waals surface area (Å²) in [5.41, 5.74) is -2.20. The Morgan fingerprint density at radius 3 is 2.69 bits per heavy atom. The van der Waals surface area contributed by atoms with E-state index < -0.39 is 29.2 Å². The first kappa shape index (κ1) is 20.2. The molecule has 0 aliphatic heterocycles. The zero-order valence-electron chi connectivity index (χ0n) is 13.2. The van der Waals surface area contributed by atoms with E-state index in [4.69, 9.17) is 11.6 Å². The average molecular weight is 410 g/mol. The van der Waals surface area contributed by atoms with Gasteiger partial charge in [-0.15, -0.1) is 0 Å². The molecule has 0 unspecified atom stereocenters. The van der Waals surface area contributed by atoms with E-state index in [0.29, 0.717) is 17.8 Å². The Hall–Kier alpha value is -2.07. The van der Waals surface area contributed by atoms with Crippen molar-refractivity contribution in [3.05, 3.63) is 56.7 Å². The number of thioether (sulfide) groups is 1. The highest BCUT2D eigenvalue weighted by molar-refractivity contribution is 7.99. The maximum Gasteiger partial charge on any atom is 0.433 e. The van der Waals surface area contributed by atoms with Crippen LogP contribution in [0.2, 0.25) is 5.02 Å². The number of nitrogens with zero attached hydrogens (tertiary/aromatic N) is 2. The van der Waals surface area contributed by atoms with Gasteiger partial charge in [0.2, 0.25) is 5.91 Å². The Kier molecular flexibility index (Phi) is 6.30. The van der Waals surface area contributed by atoms with Crippen molar-refractivity contribution < 1.29 is 22.4 Å². The number of aromatic nitrogens is 2. The summed E-state index contributed by atoms with van der Waals surface area (Å²) in [6.45, 7) is -0.114. The number of halogens is 5. The fourth-order valence-electron chi connectivity index (χ4n) is 1.90. The number of hydrogen-bond donors (Lipinski definition) is 1. The number of nitrogens with one attached hydrogen (secondary N) is 1. The number of alkyl halides is 3. The van der Waals surface area contributed by atoms with Gasteiger partial charge in [-0.2, -0.15) is 13.2 Å². The molecule has 0 bridgehead atoms. The molecule has 0 radical (unpaired) electrons. The molecular weight excluding hydrogens is 398 g/mol. The Labute approximate surface area is 154 Å². The lowest BCUT2D eigenvalue weighted by Gasteiger charge is -2.18. The van der Waals surface area contributed by atoms with Crippen molar-refractivity contribution in [1.29, 1.82) is 0 Å². The van der Waals surface area contributed by atoms with Gasteiger partial charge in [0.15, 0.2) is 10.9 Å². The highest BCUT2D eigenvalue weighted by Gasteiger charge is 2.33. The molecule has 0 fully saturated rings. The highest BCUT2D eigenvalue weighted by Crippen LogP contribution is 2.27. The quantitative estimate of drug-likeness (QED) is 0.467. The second-order valence-electron chi connectivity index (χ2n) is 5.17. The molecule has 1 amide bonds. The molecule has 5 nitrogen and oxygen atoms in total. The predicted octanol–water partition coefficient (Wildman–Crippen LogP) is 3.33. The third-order valence-electron chi connectivity index (χ3n) is 3.23. The van der Waals surface area contributed by atoms with Gasteiger partial charge in [-0.05, 0) is 12.1 Å². The van der Waals surface area contributed by atoms with Crippen molar-refractivity contribution in [3.8, 4) is 0 Å². The van der Waals surface area contributed by atoms with Crippen molar-refractivity contribution in [3.63, 3.8) is 0 Å². The number of benzene rings is 1. The van der Waals surface area contributed by atoms with Gasteiger partial charge in [-0.25, -0.2) is 9.37 Å². The van der Waals surface area contributed by atoms with Crippen molar-refractivity contribution in [2.24, 2.45) is 0 Å². The summed E-state index contributed by atoms with van der Waals surface area (Å²) >= 11 is 6.52. The fourth-order valence-corrected chi connectivity index (χ4v) is 2.94. The topological polar surface area (TPSA) is 66.1 Å². The van der Waals surface area contributed by atoms with Crippen LogP contribution in [0.1, 0.15) is 11.3 Å². The highest BCUT2D eigenvalue weighted by atomic mass is 35.5. The van der Waals surface area contributed by atoms with E-state index in [1.54, 1.807) is 0 Å². The van der Waals surface area contributed by atoms with Crippen LogP contribution in [0.3, 0.4) is 0 Å². The van der Waals surface area contributed by atoms with Crippen molar-refractivity contribution in [2.75, 3.05) is 12.8 Å². The van der Waals surface area contributed by atoms with Crippen molar-refractivity contribution in [2.45, 2.75) is 17.9 Å². The van der Waals surface area contributed by atoms with Crippen LogP contribution >= 0.6 is 23.4 Å². The van der Waals surface area contributed by atoms with Crippen LogP contribution in [0.4, 0.5) is 17.6 Å². The van der Waals surface area contributed by atoms with E-state index in [2.05, 4.69) is 9.97 Å². The minimum absolute atomic E-state index is 0.114. The summed E-state index contributed by atoms with van der Waals surface area (Å²) < 4.78 is 51.7.